The van der Waals surface area contributed by atoms with Gasteiger partial charge in [-0.1, -0.05) is 37.1 Å². The van der Waals surface area contributed by atoms with Crippen LogP contribution in [0.1, 0.15) is 33.6 Å². The minimum Gasteiger partial charge on any atom is -0.197 e. The van der Waals surface area contributed by atoms with E-state index in [4.69, 9.17) is 10.5 Å². The second kappa shape index (κ2) is 4.32. The summed E-state index contributed by atoms with van der Waals surface area (Å²) in [4.78, 5) is 0. The van der Waals surface area contributed by atoms with E-state index in [-0.39, 0.29) is 5.41 Å². The Morgan fingerprint density at radius 1 is 1.40 bits per heavy atom. The van der Waals surface area contributed by atoms with Gasteiger partial charge in [0.1, 0.15) is 5.92 Å². The van der Waals surface area contributed by atoms with Gasteiger partial charge in [-0.25, -0.2) is 0 Å². The van der Waals surface area contributed by atoms with Crippen LogP contribution in [0.25, 0.3) is 0 Å². The van der Waals surface area contributed by atoms with E-state index in [1.165, 1.54) is 11.1 Å². The quantitative estimate of drug-likeness (QED) is 0.686. The average molecular weight is 200 g/mol. The minimum absolute atomic E-state index is 0.0881. The maximum atomic E-state index is 8.80. The normalized spacial score (nSPS) is 18.8. The van der Waals surface area contributed by atoms with Gasteiger partial charge >= 0.3 is 0 Å². The molecule has 0 saturated carbocycles. The molecule has 0 radical (unpaired) electrons. The van der Waals surface area contributed by atoms with Crippen molar-refractivity contribution in [1.29, 1.82) is 10.5 Å². The molecule has 78 valence electrons. The van der Waals surface area contributed by atoms with Crippen molar-refractivity contribution in [1.82, 2.24) is 0 Å². The third-order valence-electron chi connectivity index (χ3n) is 3.01. The lowest BCUT2D eigenvalue weighted by Gasteiger charge is -2.31. The Morgan fingerprint density at radius 2 is 2.00 bits per heavy atom. The summed E-state index contributed by atoms with van der Waals surface area (Å²) in [7, 11) is 0. The molecule has 2 heteroatoms. The number of hydrogen-bond acceptors (Lipinski definition) is 2. The summed E-state index contributed by atoms with van der Waals surface area (Å²) < 4.78 is 0. The molecule has 0 spiro atoms. The van der Waals surface area contributed by atoms with Crippen LogP contribution in [-0.2, 0) is 0 Å². The largest absolute Gasteiger partial charge is 0.197 e. The van der Waals surface area contributed by atoms with E-state index in [1.807, 2.05) is 12.1 Å². The lowest BCUT2D eigenvalue weighted by molar-refractivity contribution is 0.420. The Morgan fingerprint density at radius 3 is 2.47 bits per heavy atom. The topological polar surface area (TPSA) is 47.6 Å². The van der Waals surface area contributed by atoms with E-state index in [1.54, 1.807) is 0 Å². The maximum Gasteiger partial charge on any atom is 0.137 e. The number of nitriles is 2. The molecule has 15 heavy (non-hydrogen) atoms. The molecule has 1 rings (SSSR count). The van der Waals surface area contributed by atoms with Crippen LogP contribution < -0.4 is 0 Å². The zero-order valence-electron chi connectivity index (χ0n) is 9.54. The van der Waals surface area contributed by atoms with E-state index in [0.29, 0.717) is 6.42 Å². The predicted molar refractivity (Wildman–Crippen MR) is 59.6 cm³/mol. The molecule has 0 aromatic rings. The number of hydrogen-bond donors (Lipinski definition) is 0. The van der Waals surface area contributed by atoms with Crippen molar-refractivity contribution in [2.75, 3.05) is 0 Å². The highest BCUT2D eigenvalue weighted by Crippen LogP contribution is 2.39. The van der Waals surface area contributed by atoms with Gasteiger partial charge in [0.15, 0.2) is 0 Å². The molecule has 0 aromatic carbocycles. The number of allylic oxidation sites excluding steroid dienone is 4. The summed E-state index contributed by atoms with van der Waals surface area (Å²) in [6, 6.07) is 4.08. The van der Waals surface area contributed by atoms with Crippen LogP contribution in [0, 0.1) is 34.0 Å². The molecule has 0 N–H and O–H groups in total. The summed E-state index contributed by atoms with van der Waals surface area (Å²) in [6.45, 7) is 6.39. The van der Waals surface area contributed by atoms with Crippen molar-refractivity contribution in [2.24, 2.45) is 11.3 Å². The van der Waals surface area contributed by atoms with Crippen LogP contribution in [-0.4, -0.2) is 0 Å². The Balaban J connectivity index is 2.97. The van der Waals surface area contributed by atoms with Crippen LogP contribution in [0.4, 0.5) is 0 Å². The molecule has 0 bridgehead atoms. The van der Waals surface area contributed by atoms with Crippen molar-refractivity contribution in [2.45, 2.75) is 33.6 Å². The van der Waals surface area contributed by atoms with E-state index < -0.39 is 5.92 Å². The Bertz CT molecular complexity index is 372. The molecule has 1 aliphatic rings. The summed E-state index contributed by atoms with van der Waals surface area (Å²) in [5.41, 5.74) is 2.55. The molecule has 1 aliphatic carbocycles. The fraction of sp³-hybridized carbons (Fsp3) is 0.538. The van der Waals surface area contributed by atoms with Crippen molar-refractivity contribution in [3.05, 3.63) is 23.3 Å². The molecule has 0 aliphatic heterocycles. The third-order valence-corrected chi connectivity index (χ3v) is 3.01. The summed E-state index contributed by atoms with van der Waals surface area (Å²) >= 11 is 0. The van der Waals surface area contributed by atoms with Gasteiger partial charge in [-0.2, -0.15) is 10.5 Å². The Kier molecular flexibility index (Phi) is 3.32. The third kappa shape index (κ3) is 2.48. The van der Waals surface area contributed by atoms with Crippen LogP contribution >= 0.6 is 0 Å². The minimum atomic E-state index is -0.513. The van der Waals surface area contributed by atoms with Crippen LogP contribution in [0.15, 0.2) is 23.3 Å². The van der Waals surface area contributed by atoms with E-state index in [9.17, 15) is 0 Å². The lowest BCUT2D eigenvalue weighted by atomic mass is 9.73. The van der Waals surface area contributed by atoms with E-state index in [0.717, 1.165) is 6.42 Å². The maximum absolute atomic E-state index is 8.80. The fourth-order valence-electron chi connectivity index (χ4n) is 2.05. The van der Waals surface area contributed by atoms with Gasteiger partial charge in [0.25, 0.3) is 0 Å². The molecule has 0 aromatic heterocycles. The average Bonchev–Trinajstić information content (AvgIpc) is 2.17. The van der Waals surface area contributed by atoms with Crippen LogP contribution in [0.3, 0.4) is 0 Å². The second-order valence-corrected chi connectivity index (χ2v) is 4.67. The summed E-state index contributed by atoms with van der Waals surface area (Å²) in [5.74, 6) is -0.513. The highest BCUT2D eigenvalue weighted by atomic mass is 14.4. The lowest BCUT2D eigenvalue weighted by Crippen LogP contribution is -2.19. The molecule has 0 amide bonds. The van der Waals surface area contributed by atoms with Gasteiger partial charge < -0.3 is 0 Å². The van der Waals surface area contributed by atoms with Crippen molar-refractivity contribution >= 4 is 0 Å². The predicted octanol–water partition coefficient (Wildman–Crippen LogP) is 3.34. The SMILES string of the molecule is CC1=C(CC(C#N)C#N)C(C)(C)CC=C1. The number of nitrogens with zero attached hydrogens (tertiary/aromatic N) is 2. The summed E-state index contributed by atoms with van der Waals surface area (Å²) in [5, 5.41) is 17.6. The smallest absolute Gasteiger partial charge is 0.137 e. The van der Waals surface area contributed by atoms with Crippen LogP contribution in [0.5, 0.6) is 0 Å². The van der Waals surface area contributed by atoms with Gasteiger partial charge in [-0.3, -0.25) is 0 Å². The Hall–Kier alpha value is -1.54. The zero-order chi connectivity index (χ0) is 11.5. The second-order valence-electron chi connectivity index (χ2n) is 4.67. The van der Waals surface area contributed by atoms with Crippen LogP contribution in [0.2, 0.25) is 0 Å². The highest BCUT2D eigenvalue weighted by Gasteiger charge is 2.27. The first-order chi connectivity index (χ1) is 7.01. The Labute approximate surface area is 91.5 Å². The van der Waals surface area contributed by atoms with E-state index in [2.05, 4.69) is 32.9 Å². The van der Waals surface area contributed by atoms with Gasteiger partial charge in [0.05, 0.1) is 12.1 Å². The number of rotatable bonds is 2. The molecular formula is C13H16N2. The molecule has 0 heterocycles. The first-order valence-electron chi connectivity index (χ1n) is 5.17. The van der Waals surface area contributed by atoms with Gasteiger partial charge in [0, 0.05) is 0 Å². The first-order valence-corrected chi connectivity index (χ1v) is 5.17. The van der Waals surface area contributed by atoms with Gasteiger partial charge in [-0.05, 0) is 25.2 Å². The first kappa shape index (κ1) is 11.5. The molecule has 0 fully saturated rings. The highest BCUT2D eigenvalue weighted by molar-refractivity contribution is 5.34. The zero-order valence-corrected chi connectivity index (χ0v) is 9.54. The fourth-order valence-corrected chi connectivity index (χ4v) is 2.05. The molecule has 0 unspecified atom stereocenters. The molecule has 0 atom stereocenters. The standard InChI is InChI=1S/C13H16N2/c1-10-5-4-6-13(2,3)12(10)7-11(8-14)9-15/h4-5,11H,6-7H2,1-3H3. The summed E-state index contributed by atoms with van der Waals surface area (Å²) in [6.07, 6.45) is 5.82. The monoisotopic (exact) mass is 200 g/mol. The molecule has 0 saturated heterocycles. The van der Waals surface area contributed by atoms with Gasteiger partial charge in [-0.15, -0.1) is 0 Å². The molecular weight excluding hydrogens is 184 g/mol. The van der Waals surface area contributed by atoms with E-state index >= 15 is 0 Å². The molecule has 2 nitrogen and oxygen atoms in total. The van der Waals surface area contributed by atoms with Crippen molar-refractivity contribution in [3.8, 4) is 12.1 Å². The van der Waals surface area contributed by atoms with Gasteiger partial charge in [0.2, 0.25) is 0 Å². The van der Waals surface area contributed by atoms with Crippen molar-refractivity contribution < 1.29 is 0 Å². The van der Waals surface area contributed by atoms with Crippen molar-refractivity contribution in [3.63, 3.8) is 0 Å².